The summed E-state index contributed by atoms with van der Waals surface area (Å²) in [4.78, 5) is 21.6. The highest BCUT2D eigenvalue weighted by Crippen LogP contribution is 2.00. The molecule has 0 bridgehead atoms. The number of nitrogens with two attached hydrogens (primary N) is 1. The number of amides is 1. The monoisotopic (exact) mass is 216 g/mol. The van der Waals surface area contributed by atoms with Crippen LogP contribution >= 0.6 is 0 Å². The molecule has 4 N–H and O–H groups in total. The molecule has 5 heteroatoms. The lowest BCUT2D eigenvalue weighted by atomic mass is 10.0. The number of carbonyl (C=O) groups is 2. The Hall–Kier alpha value is -1.20. The molecule has 1 amide bonds. The van der Waals surface area contributed by atoms with Gasteiger partial charge < -0.3 is 16.2 Å². The summed E-state index contributed by atoms with van der Waals surface area (Å²) in [6.45, 7) is 7.65. The molecule has 0 aromatic carbocycles. The molecule has 0 aliphatic heterocycles. The molecule has 88 valence electrons. The maximum atomic E-state index is 11.0. The molecule has 0 unspecified atom stereocenters. The number of rotatable bonds is 4. The van der Waals surface area contributed by atoms with Crippen LogP contribution in [0, 0.1) is 0 Å². The van der Waals surface area contributed by atoms with Gasteiger partial charge >= 0.3 is 0 Å². The first kappa shape index (κ1) is 16.2. The van der Waals surface area contributed by atoms with Gasteiger partial charge in [-0.15, -0.1) is 6.58 Å². The number of allylic oxidation sites excluding steroid dienone is 1. The average molecular weight is 216 g/mol. The fourth-order valence-corrected chi connectivity index (χ4v) is 0.467. The first-order valence-electron chi connectivity index (χ1n) is 4.59. The third kappa shape index (κ3) is 10.7. The van der Waals surface area contributed by atoms with Crippen LogP contribution in [0.15, 0.2) is 12.7 Å². The van der Waals surface area contributed by atoms with Crippen molar-refractivity contribution in [2.24, 2.45) is 5.73 Å². The Labute approximate surface area is 90.3 Å². The Morgan fingerprint density at radius 2 is 1.93 bits per heavy atom. The highest BCUT2D eigenvalue weighted by Gasteiger charge is 2.23. The lowest BCUT2D eigenvalue weighted by Gasteiger charge is -2.15. The third-order valence-corrected chi connectivity index (χ3v) is 1.31. The van der Waals surface area contributed by atoms with Gasteiger partial charge in [0.1, 0.15) is 5.60 Å². The second kappa shape index (κ2) is 8.14. The summed E-state index contributed by atoms with van der Waals surface area (Å²) in [6.07, 6.45) is 1.75. The zero-order valence-corrected chi connectivity index (χ0v) is 9.54. The van der Waals surface area contributed by atoms with Crippen molar-refractivity contribution in [3.63, 3.8) is 0 Å². The summed E-state index contributed by atoms with van der Waals surface area (Å²) < 4.78 is 0. The van der Waals surface area contributed by atoms with E-state index in [-0.39, 0.29) is 13.1 Å². The van der Waals surface area contributed by atoms with E-state index in [2.05, 4.69) is 11.9 Å². The minimum atomic E-state index is -1.40. The molecule has 15 heavy (non-hydrogen) atoms. The standard InChI is InChI=1S/C7H14N2O3.C3H6/c1-7(2,12)5(10)4-9-6(11)3-8;1-3-2/h12H,3-4,8H2,1-2H3,(H,9,11);3H,1H2,2H3. The first-order valence-corrected chi connectivity index (χ1v) is 4.59. The van der Waals surface area contributed by atoms with E-state index < -0.39 is 17.3 Å². The lowest BCUT2D eigenvalue weighted by molar-refractivity contribution is -0.134. The molecule has 5 nitrogen and oxygen atoms in total. The summed E-state index contributed by atoms with van der Waals surface area (Å²) in [5, 5.41) is 11.4. The molecule has 0 heterocycles. The summed E-state index contributed by atoms with van der Waals surface area (Å²) in [7, 11) is 0. The Bertz CT molecular complexity index is 219. The summed E-state index contributed by atoms with van der Waals surface area (Å²) in [6, 6.07) is 0. The van der Waals surface area contributed by atoms with Crippen molar-refractivity contribution < 1.29 is 14.7 Å². The predicted molar refractivity (Wildman–Crippen MR) is 59.2 cm³/mol. The largest absolute Gasteiger partial charge is 0.383 e. The van der Waals surface area contributed by atoms with Crippen molar-refractivity contribution in [2.45, 2.75) is 26.4 Å². The van der Waals surface area contributed by atoms with E-state index in [1.165, 1.54) is 13.8 Å². The molecule has 0 rings (SSSR count). The van der Waals surface area contributed by atoms with Gasteiger partial charge in [0.2, 0.25) is 5.91 Å². The summed E-state index contributed by atoms with van der Waals surface area (Å²) >= 11 is 0. The Balaban J connectivity index is 0. The minimum Gasteiger partial charge on any atom is -0.383 e. The second-order valence-electron chi connectivity index (χ2n) is 3.37. The smallest absolute Gasteiger partial charge is 0.234 e. The second-order valence-corrected chi connectivity index (χ2v) is 3.37. The number of hydrogen-bond acceptors (Lipinski definition) is 4. The van der Waals surface area contributed by atoms with Crippen LogP contribution in [0.25, 0.3) is 0 Å². The van der Waals surface area contributed by atoms with Crippen molar-refractivity contribution in [1.29, 1.82) is 0 Å². The van der Waals surface area contributed by atoms with Crippen molar-refractivity contribution in [3.8, 4) is 0 Å². The van der Waals surface area contributed by atoms with E-state index in [9.17, 15) is 9.59 Å². The maximum Gasteiger partial charge on any atom is 0.234 e. The molecule has 0 aromatic rings. The van der Waals surface area contributed by atoms with Gasteiger partial charge in [-0.1, -0.05) is 6.08 Å². The highest BCUT2D eigenvalue weighted by atomic mass is 16.3. The van der Waals surface area contributed by atoms with Gasteiger partial charge in [0, 0.05) is 0 Å². The van der Waals surface area contributed by atoms with Crippen LogP contribution in [0.2, 0.25) is 0 Å². The quantitative estimate of drug-likeness (QED) is 0.557. The number of carbonyl (C=O) groups excluding carboxylic acids is 2. The number of aliphatic hydroxyl groups is 1. The van der Waals surface area contributed by atoms with E-state index in [0.29, 0.717) is 0 Å². The third-order valence-electron chi connectivity index (χ3n) is 1.31. The van der Waals surface area contributed by atoms with Crippen LogP contribution < -0.4 is 11.1 Å². The Morgan fingerprint density at radius 1 is 1.53 bits per heavy atom. The molecule has 0 radical (unpaired) electrons. The van der Waals surface area contributed by atoms with Crippen molar-refractivity contribution in [3.05, 3.63) is 12.7 Å². The summed E-state index contributed by atoms with van der Waals surface area (Å²) in [5.41, 5.74) is 3.58. The van der Waals surface area contributed by atoms with Gasteiger partial charge in [-0.2, -0.15) is 0 Å². The normalized spacial score (nSPS) is 9.67. The van der Waals surface area contributed by atoms with Gasteiger partial charge in [0.15, 0.2) is 5.78 Å². The Morgan fingerprint density at radius 3 is 2.20 bits per heavy atom. The average Bonchev–Trinajstić information content (AvgIpc) is 2.13. The fraction of sp³-hybridized carbons (Fsp3) is 0.600. The Kier molecular flexibility index (Phi) is 8.81. The maximum absolute atomic E-state index is 11.0. The number of ketones is 1. The lowest BCUT2D eigenvalue weighted by Crippen LogP contribution is -2.42. The predicted octanol–water partition coefficient (Wildman–Crippen LogP) is -0.406. The van der Waals surface area contributed by atoms with Gasteiger partial charge in [0.25, 0.3) is 0 Å². The van der Waals surface area contributed by atoms with Gasteiger partial charge in [-0.05, 0) is 20.8 Å². The van der Waals surface area contributed by atoms with Crippen molar-refractivity contribution in [2.75, 3.05) is 13.1 Å². The zero-order chi connectivity index (χ0) is 12.5. The minimum absolute atomic E-state index is 0.154. The van der Waals surface area contributed by atoms with Crippen molar-refractivity contribution >= 4 is 11.7 Å². The SMILES string of the molecule is C=CC.CC(C)(O)C(=O)CNC(=O)CN. The van der Waals surface area contributed by atoms with Crippen molar-refractivity contribution in [1.82, 2.24) is 5.32 Å². The molecule has 0 aliphatic rings. The van der Waals surface area contributed by atoms with E-state index in [1.807, 2.05) is 6.92 Å². The van der Waals surface area contributed by atoms with Gasteiger partial charge in [-0.25, -0.2) is 0 Å². The fourth-order valence-electron chi connectivity index (χ4n) is 0.467. The molecule has 0 spiro atoms. The van der Waals surface area contributed by atoms with E-state index in [4.69, 9.17) is 10.8 Å². The van der Waals surface area contributed by atoms with Crippen LogP contribution in [-0.4, -0.2) is 35.5 Å². The first-order chi connectivity index (χ1) is 6.79. The van der Waals surface area contributed by atoms with Gasteiger partial charge in [-0.3, -0.25) is 9.59 Å². The molecular formula is C10H20N2O3. The van der Waals surface area contributed by atoms with Crippen LogP contribution in [0.1, 0.15) is 20.8 Å². The van der Waals surface area contributed by atoms with E-state index in [1.54, 1.807) is 6.08 Å². The number of nitrogens with one attached hydrogen (secondary N) is 1. The molecular weight excluding hydrogens is 196 g/mol. The van der Waals surface area contributed by atoms with E-state index >= 15 is 0 Å². The van der Waals surface area contributed by atoms with Crippen LogP contribution in [-0.2, 0) is 9.59 Å². The molecule has 0 aromatic heterocycles. The summed E-state index contributed by atoms with van der Waals surface area (Å²) in [5.74, 6) is -0.850. The number of Topliss-reactive ketones (excluding diaryl/α,β-unsaturated/α-hetero) is 1. The van der Waals surface area contributed by atoms with Crippen LogP contribution in [0.3, 0.4) is 0 Å². The number of hydrogen-bond donors (Lipinski definition) is 3. The zero-order valence-electron chi connectivity index (χ0n) is 9.54. The highest BCUT2D eigenvalue weighted by molar-refractivity contribution is 5.91. The van der Waals surface area contributed by atoms with E-state index in [0.717, 1.165) is 0 Å². The molecule has 0 aliphatic carbocycles. The topological polar surface area (TPSA) is 92.4 Å². The molecule has 0 fully saturated rings. The van der Waals surface area contributed by atoms with Gasteiger partial charge in [0.05, 0.1) is 13.1 Å². The molecule has 0 saturated carbocycles. The van der Waals surface area contributed by atoms with Crippen LogP contribution in [0.5, 0.6) is 0 Å². The molecule has 0 atom stereocenters. The van der Waals surface area contributed by atoms with Crippen LogP contribution in [0.4, 0.5) is 0 Å². The molecule has 0 saturated heterocycles.